The van der Waals surface area contributed by atoms with Gasteiger partial charge >= 0.3 is 0 Å². The Balaban J connectivity index is 2.10. The largest absolute Gasteiger partial charge is 0.390 e. The molecule has 0 saturated heterocycles. The van der Waals surface area contributed by atoms with Gasteiger partial charge in [0.05, 0.1) is 11.7 Å². The highest BCUT2D eigenvalue weighted by Crippen LogP contribution is 2.34. The summed E-state index contributed by atoms with van der Waals surface area (Å²) < 4.78 is 5.48. The van der Waals surface area contributed by atoms with E-state index in [-0.39, 0.29) is 11.7 Å². The lowest BCUT2D eigenvalue weighted by Crippen LogP contribution is -2.49. The first-order valence-corrected chi connectivity index (χ1v) is 5.67. The fraction of sp³-hybridized carbons (Fsp3) is 1.00. The highest BCUT2D eigenvalue weighted by Gasteiger charge is 2.36. The molecular formula is C11H24N2O2. The first-order chi connectivity index (χ1) is 7.08. The number of hydrogen-bond acceptors (Lipinski definition) is 4. The summed E-state index contributed by atoms with van der Waals surface area (Å²) in [4.78, 5) is 1.99. The molecule has 0 amide bonds. The summed E-state index contributed by atoms with van der Waals surface area (Å²) in [5.74, 6) is 0. The number of aliphatic hydroxyl groups is 1. The van der Waals surface area contributed by atoms with Crippen LogP contribution in [-0.4, -0.2) is 62.6 Å². The molecule has 0 radical (unpaired) electrons. The van der Waals surface area contributed by atoms with Crippen molar-refractivity contribution < 1.29 is 9.84 Å². The molecular weight excluding hydrogens is 192 g/mol. The molecule has 0 aromatic rings. The van der Waals surface area contributed by atoms with Gasteiger partial charge in [-0.2, -0.15) is 0 Å². The zero-order valence-electron chi connectivity index (χ0n) is 10.1. The van der Waals surface area contributed by atoms with Crippen molar-refractivity contribution in [1.29, 1.82) is 0 Å². The summed E-state index contributed by atoms with van der Waals surface area (Å²) in [6, 6.07) is 0. The SMILES string of the molecule is COC1(CNCC(O)CN(C)C)CCC1. The Hall–Kier alpha value is -0.160. The minimum atomic E-state index is -0.297. The van der Waals surface area contributed by atoms with Crippen molar-refractivity contribution in [2.45, 2.75) is 31.0 Å². The minimum absolute atomic E-state index is 0.0534. The maximum Gasteiger partial charge on any atom is 0.0802 e. The van der Waals surface area contributed by atoms with Gasteiger partial charge in [0.25, 0.3) is 0 Å². The van der Waals surface area contributed by atoms with Crippen molar-refractivity contribution in [3.63, 3.8) is 0 Å². The molecule has 2 N–H and O–H groups in total. The lowest BCUT2D eigenvalue weighted by Gasteiger charge is -2.40. The molecule has 15 heavy (non-hydrogen) atoms. The van der Waals surface area contributed by atoms with Crippen LogP contribution in [0.15, 0.2) is 0 Å². The Kier molecular flexibility index (Phi) is 4.99. The Bertz CT molecular complexity index is 176. The van der Waals surface area contributed by atoms with Crippen LogP contribution in [0.4, 0.5) is 0 Å². The summed E-state index contributed by atoms with van der Waals surface area (Å²) in [6.45, 7) is 2.20. The molecule has 1 saturated carbocycles. The molecule has 0 heterocycles. The highest BCUT2D eigenvalue weighted by molar-refractivity contribution is 4.91. The molecule has 0 spiro atoms. The van der Waals surface area contributed by atoms with E-state index < -0.39 is 0 Å². The van der Waals surface area contributed by atoms with Crippen LogP contribution < -0.4 is 5.32 Å². The zero-order valence-corrected chi connectivity index (χ0v) is 10.1. The van der Waals surface area contributed by atoms with Gasteiger partial charge in [0.1, 0.15) is 0 Å². The first-order valence-electron chi connectivity index (χ1n) is 5.67. The summed E-state index contributed by atoms with van der Waals surface area (Å²) in [6.07, 6.45) is 3.24. The third-order valence-corrected chi connectivity index (χ3v) is 3.10. The van der Waals surface area contributed by atoms with E-state index in [0.29, 0.717) is 13.1 Å². The number of nitrogens with zero attached hydrogens (tertiary/aromatic N) is 1. The number of ether oxygens (including phenoxy) is 1. The summed E-state index contributed by atoms with van der Waals surface area (Å²) in [7, 11) is 5.70. The maximum atomic E-state index is 9.63. The van der Waals surface area contributed by atoms with Crippen molar-refractivity contribution in [3.05, 3.63) is 0 Å². The van der Waals surface area contributed by atoms with Crippen molar-refractivity contribution in [1.82, 2.24) is 10.2 Å². The molecule has 1 unspecified atom stereocenters. The van der Waals surface area contributed by atoms with Gasteiger partial charge in [-0.25, -0.2) is 0 Å². The number of hydrogen-bond donors (Lipinski definition) is 2. The van der Waals surface area contributed by atoms with Crippen molar-refractivity contribution in [2.24, 2.45) is 0 Å². The van der Waals surface area contributed by atoms with E-state index in [1.165, 1.54) is 6.42 Å². The molecule has 0 bridgehead atoms. The molecule has 4 heteroatoms. The van der Waals surface area contributed by atoms with E-state index >= 15 is 0 Å². The molecule has 1 aliphatic carbocycles. The van der Waals surface area contributed by atoms with Gasteiger partial charge in [-0.1, -0.05) is 0 Å². The topological polar surface area (TPSA) is 44.7 Å². The molecule has 1 aliphatic rings. The molecule has 0 aliphatic heterocycles. The third-order valence-electron chi connectivity index (χ3n) is 3.10. The van der Waals surface area contributed by atoms with E-state index in [2.05, 4.69) is 5.32 Å². The van der Waals surface area contributed by atoms with Gasteiger partial charge in [0.15, 0.2) is 0 Å². The molecule has 0 aromatic carbocycles. The van der Waals surface area contributed by atoms with Crippen LogP contribution in [-0.2, 0) is 4.74 Å². The van der Waals surface area contributed by atoms with Crippen molar-refractivity contribution in [3.8, 4) is 0 Å². The predicted octanol–water partition coefficient (Wildman–Crippen LogP) is 0.0676. The second kappa shape index (κ2) is 5.80. The van der Waals surface area contributed by atoms with Crippen molar-refractivity contribution in [2.75, 3.05) is 40.8 Å². The monoisotopic (exact) mass is 216 g/mol. The van der Waals surface area contributed by atoms with E-state index in [0.717, 1.165) is 19.4 Å². The van der Waals surface area contributed by atoms with Gasteiger partial charge in [0, 0.05) is 26.7 Å². The number of likely N-dealkylation sites (N-methyl/N-ethyl adjacent to an activating group) is 1. The van der Waals surface area contributed by atoms with Crippen LogP contribution >= 0.6 is 0 Å². The summed E-state index contributed by atoms with van der Waals surface area (Å²) in [5.41, 5.74) is 0.0534. The third kappa shape index (κ3) is 4.07. The van der Waals surface area contributed by atoms with Crippen LogP contribution in [0.25, 0.3) is 0 Å². The van der Waals surface area contributed by atoms with Gasteiger partial charge in [-0.05, 0) is 33.4 Å². The predicted molar refractivity (Wildman–Crippen MR) is 61.0 cm³/mol. The van der Waals surface area contributed by atoms with Gasteiger partial charge in [0.2, 0.25) is 0 Å². The van der Waals surface area contributed by atoms with E-state index in [1.807, 2.05) is 19.0 Å². The number of nitrogens with one attached hydrogen (secondary N) is 1. The standard InChI is InChI=1S/C11H24N2O2/c1-13(2)8-10(14)7-12-9-11(15-3)5-4-6-11/h10,12,14H,4-9H2,1-3H3. The van der Waals surface area contributed by atoms with Crippen LogP contribution in [0.3, 0.4) is 0 Å². The number of rotatable bonds is 7. The lowest BCUT2D eigenvalue weighted by atomic mass is 9.80. The molecule has 1 rings (SSSR count). The second-order valence-electron chi connectivity index (χ2n) is 4.79. The highest BCUT2D eigenvalue weighted by atomic mass is 16.5. The van der Waals surface area contributed by atoms with E-state index in [4.69, 9.17) is 4.74 Å². The molecule has 90 valence electrons. The van der Waals surface area contributed by atoms with E-state index in [9.17, 15) is 5.11 Å². The van der Waals surface area contributed by atoms with Gasteiger partial charge in [-0.15, -0.1) is 0 Å². The van der Waals surface area contributed by atoms with Gasteiger partial charge < -0.3 is 20.1 Å². The Morgan fingerprint density at radius 1 is 1.47 bits per heavy atom. The normalized spacial score (nSPS) is 21.4. The smallest absolute Gasteiger partial charge is 0.0802 e. The fourth-order valence-electron chi connectivity index (χ4n) is 1.98. The average molecular weight is 216 g/mol. The molecule has 1 fully saturated rings. The lowest BCUT2D eigenvalue weighted by molar-refractivity contribution is -0.0704. The quantitative estimate of drug-likeness (QED) is 0.632. The first kappa shape index (κ1) is 12.9. The maximum absolute atomic E-state index is 9.63. The van der Waals surface area contributed by atoms with Crippen LogP contribution in [0.5, 0.6) is 0 Å². The van der Waals surface area contributed by atoms with Gasteiger partial charge in [-0.3, -0.25) is 0 Å². The van der Waals surface area contributed by atoms with E-state index in [1.54, 1.807) is 7.11 Å². The number of methoxy groups -OCH3 is 1. The Morgan fingerprint density at radius 3 is 2.53 bits per heavy atom. The van der Waals surface area contributed by atoms with Crippen LogP contribution in [0.1, 0.15) is 19.3 Å². The van der Waals surface area contributed by atoms with Crippen LogP contribution in [0, 0.1) is 0 Å². The zero-order chi connectivity index (χ0) is 11.3. The fourth-order valence-corrected chi connectivity index (χ4v) is 1.98. The summed E-state index contributed by atoms with van der Waals surface area (Å²) in [5, 5.41) is 12.9. The number of aliphatic hydroxyl groups excluding tert-OH is 1. The summed E-state index contributed by atoms with van der Waals surface area (Å²) >= 11 is 0. The average Bonchev–Trinajstić information content (AvgIpc) is 2.08. The second-order valence-corrected chi connectivity index (χ2v) is 4.79. The Morgan fingerprint density at radius 2 is 2.13 bits per heavy atom. The minimum Gasteiger partial charge on any atom is -0.390 e. The van der Waals surface area contributed by atoms with Crippen molar-refractivity contribution >= 4 is 0 Å². The molecule has 4 nitrogen and oxygen atoms in total. The Labute approximate surface area is 92.6 Å². The molecule has 1 atom stereocenters. The molecule has 0 aromatic heterocycles. The van der Waals surface area contributed by atoms with Crippen LogP contribution in [0.2, 0.25) is 0 Å².